The van der Waals surface area contributed by atoms with Gasteiger partial charge in [-0.2, -0.15) is 0 Å². The van der Waals surface area contributed by atoms with E-state index in [1.165, 1.54) is 0 Å². The predicted octanol–water partition coefficient (Wildman–Crippen LogP) is 4.54. The Balaban J connectivity index is 4.49. The van der Waals surface area contributed by atoms with Gasteiger partial charge in [0, 0.05) is 11.8 Å². The molecule has 0 heterocycles. The largest absolute Gasteiger partial charge is 0.299 e. The van der Waals surface area contributed by atoms with E-state index in [0.29, 0.717) is 5.78 Å². The van der Waals surface area contributed by atoms with E-state index in [0.717, 1.165) is 38.5 Å². The standard InChI is InChI=1S/C15H26O/c1-5-9-13(10-6-2)15(16)14(11-7-3)12-8-4/h5,7,13-14H,1,3,6,8-12H2,2,4H3. The van der Waals surface area contributed by atoms with Gasteiger partial charge in [-0.1, -0.05) is 38.8 Å². The summed E-state index contributed by atoms with van der Waals surface area (Å²) in [7, 11) is 0. The third-order valence-electron chi connectivity index (χ3n) is 2.98. The molecule has 0 N–H and O–H groups in total. The molecular weight excluding hydrogens is 196 g/mol. The zero-order valence-corrected chi connectivity index (χ0v) is 10.9. The Bertz CT molecular complexity index is 195. The summed E-state index contributed by atoms with van der Waals surface area (Å²) in [5.74, 6) is 0.779. The highest BCUT2D eigenvalue weighted by molar-refractivity contribution is 5.83. The highest BCUT2D eigenvalue weighted by Crippen LogP contribution is 2.23. The second kappa shape index (κ2) is 9.38. The lowest BCUT2D eigenvalue weighted by atomic mass is 9.83. The molecule has 0 aliphatic rings. The molecule has 0 spiro atoms. The van der Waals surface area contributed by atoms with E-state index in [1.807, 2.05) is 12.2 Å². The van der Waals surface area contributed by atoms with Gasteiger partial charge in [0.25, 0.3) is 0 Å². The van der Waals surface area contributed by atoms with E-state index in [-0.39, 0.29) is 11.8 Å². The first-order valence-corrected chi connectivity index (χ1v) is 6.46. The molecule has 0 aromatic carbocycles. The van der Waals surface area contributed by atoms with Crippen molar-refractivity contribution in [2.45, 2.75) is 52.4 Å². The minimum atomic E-state index is 0.180. The van der Waals surface area contributed by atoms with Crippen LogP contribution in [0.5, 0.6) is 0 Å². The highest BCUT2D eigenvalue weighted by atomic mass is 16.1. The molecule has 2 atom stereocenters. The first kappa shape index (κ1) is 15.2. The fourth-order valence-corrected chi connectivity index (χ4v) is 2.19. The molecule has 0 aliphatic heterocycles. The summed E-state index contributed by atoms with van der Waals surface area (Å²) >= 11 is 0. The summed E-state index contributed by atoms with van der Waals surface area (Å²) in [5.41, 5.74) is 0. The Kier molecular flexibility index (Phi) is 8.88. The van der Waals surface area contributed by atoms with Crippen LogP contribution in [0.2, 0.25) is 0 Å². The first-order valence-electron chi connectivity index (χ1n) is 6.46. The molecule has 0 aromatic heterocycles. The van der Waals surface area contributed by atoms with E-state index >= 15 is 0 Å². The molecule has 0 saturated carbocycles. The molecule has 0 aromatic rings. The van der Waals surface area contributed by atoms with Gasteiger partial charge < -0.3 is 0 Å². The summed E-state index contributed by atoms with van der Waals surface area (Å²) in [6, 6.07) is 0. The Morgan fingerprint density at radius 2 is 1.38 bits per heavy atom. The zero-order valence-electron chi connectivity index (χ0n) is 10.9. The SMILES string of the molecule is C=CCC(CCC)C(=O)C(CC=C)CCC. The molecule has 0 rings (SSSR count). The quantitative estimate of drug-likeness (QED) is 0.496. The summed E-state index contributed by atoms with van der Waals surface area (Å²) in [6.45, 7) is 11.7. The minimum Gasteiger partial charge on any atom is -0.299 e. The summed E-state index contributed by atoms with van der Waals surface area (Å²) in [6.07, 6.45) is 9.50. The van der Waals surface area contributed by atoms with Crippen LogP contribution in [0.3, 0.4) is 0 Å². The molecule has 92 valence electrons. The van der Waals surface area contributed by atoms with Crippen LogP contribution in [-0.4, -0.2) is 5.78 Å². The van der Waals surface area contributed by atoms with Crippen molar-refractivity contribution in [3.63, 3.8) is 0 Å². The second-order valence-electron chi connectivity index (χ2n) is 4.42. The number of hydrogen-bond donors (Lipinski definition) is 0. The fraction of sp³-hybridized carbons (Fsp3) is 0.667. The van der Waals surface area contributed by atoms with E-state index in [1.54, 1.807) is 0 Å². The van der Waals surface area contributed by atoms with Crippen LogP contribution < -0.4 is 0 Å². The molecule has 16 heavy (non-hydrogen) atoms. The van der Waals surface area contributed by atoms with Gasteiger partial charge in [0.05, 0.1) is 0 Å². The van der Waals surface area contributed by atoms with Crippen molar-refractivity contribution in [3.05, 3.63) is 25.3 Å². The van der Waals surface area contributed by atoms with Crippen LogP contribution >= 0.6 is 0 Å². The maximum absolute atomic E-state index is 12.3. The fourth-order valence-electron chi connectivity index (χ4n) is 2.19. The lowest BCUT2D eigenvalue weighted by molar-refractivity contribution is -0.127. The maximum atomic E-state index is 12.3. The van der Waals surface area contributed by atoms with E-state index in [2.05, 4.69) is 27.0 Å². The molecule has 0 bridgehead atoms. The van der Waals surface area contributed by atoms with Gasteiger partial charge in [-0.15, -0.1) is 13.2 Å². The Labute approximate surface area is 101 Å². The molecule has 1 nitrogen and oxygen atoms in total. The number of allylic oxidation sites excluding steroid dienone is 2. The number of ketones is 1. The van der Waals surface area contributed by atoms with Crippen molar-refractivity contribution < 1.29 is 4.79 Å². The maximum Gasteiger partial charge on any atom is 0.139 e. The average Bonchev–Trinajstić information content (AvgIpc) is 2.27. The molecule has 0 radical (unpaired) electrons. The summed E-state index contributed by atoms with van der Waals surface area (Å²) in [4.78, 5) is 12.3. The van der Waals surface area contributed by atoms with Gasteiger partial charge in [-0.3, -0.25) is 4.79 Å². The lowest BCUT2D eigenvalue weighted by Crippen LogP contribution is -2.23. The van der Waals surface area contributed by atoms with E-state index in [9.17, 15) is 4.79 Å². The number of Topliss-reactive ketones (excluding diaryl/α,β-unsaturated/α-hetero) is 1. The average molecular weight is 222 g/mol. The zero-order chi connectivity index (χ0) is 12.4. The lowest BCUT2D eigenvalue weighted by Gasteiger charge is -2.20. The Hall–Kier alpha value is -0.850. The van der Waals surface area contributed by atoms with Gasteiger partial charge in [-0.25, -0.2) is 0 Å². The number of hydrogen-bond acceptors (Lipinski definition) is 1. The van der Waals surface area contributed by atoms with Crippen LogP contribution in [0.25, 0.3) is 0 Å². The Morgan fingerprint density at radius 3 is 1.62 bits per heavy atom. The molecule has 2 unspecified atom stereocenters. The number of rotatable bonds is 10. The van der Waals surface area contributed by atoms with Gasteiger partial charge in [0.2, 0.25) is 0 Å². The molecule has 0 aliphatic carbocycles. The van der Waals surface area contributed by atoms with Crippen molar-refractivity contribution in [2.75, 3.05) is 0 Å². The minimum absolute atomic E-state index is 0.180. The van der Waals surface area contributed by atoms with Crippen molar-refractivity contribution in [3.8, 4) is 0 Å². The van der Waals surface area contributed by atoms with E-state index in [4.69, 9.17) is 0 Å². The Morgan fingerprint density at radius 1 is 1.00 bits per heavy atom. The molecule has 0 fully saturated rings. The second-order valence-corrected chi connectivity index (χ2v) is 4.42. The third kappa shape index (κ3) is 5.29. The molecule has 0 saturated heterocycles. The van der Waals surface area contributed by atoms with Crippen LogP contribution in [0.15, 0.2) is 25.3 Å². The third-order valence-corrected chi connectivity index (χ3v) is 2.98. The first-order chi connectivity index (χ1) is 7.71. The topological polar surface area (TPSA) is 17.1 Å². The molecule has 0 amide bonds. The summed E-state index contributed by atoms with van der Waals surface area (Å²) in [5, 5.41) is 0. The predicted molar refractivity (Wildman–Crippen MR) is 71.4 cm³/mol. The van der Waals surface area contributed by atoms with Gasteiger partial charge in [0.15, 0.2) is 0 Å². The van der Waals surface area contributed by atoms with Gasteiger partial charge >= 0.3 is 0 Å². The normalized spacial score (nSPS) is 14.1. The number of carbonyl (C=O) groups excluding carboxylic acids is 1. The van der Waals surface area contributed by atoms with Crippen LogP contribution in [0, 0.1) is 11.8 Å². The smallest absolute Gasteiger partial charge is 0.139 e. The van der Waals surface area contributed by atoms with Crippen molar-refractivity contribution >= 4 is 5.78 Å². The van der Waals surface area contributed by atoms with Gasteiger partial charge in [0.1, 0.15) is 5.78 Å². The van der Waals surface area contributed by atoms with Crippen LogP contribution in [0.1, 0.15) is 52.4 Å². The van der Waals surface area contributed by atoms with Crippen molar-refractivity contribution in [1.82, 2.24) is 0 Å². The van der Waals surface area contributed by atoms with E-state index < -0.39 is 0 Å². The highest BCUT2D eigenvalue weighted by Gasteiger charge is 2.23. The molecular formula is C15H26O. The van der Waals surface area contributed by atoms with Crippen LogP contribution in [-0.2, 0) is 4.79 Å². The monoisotopic (exact) mass is 222 g/mol. The molecule has 1 heteroatoms. The van der Waals surface area contributed by atoms with Gasteiger partial charge in [-0.05, 0) is 25.7 Å². The summed E-state index contributed by atoms with van der Waals surface area (Å²) < 4.78 is 0. The van der Waals surface area contributed by atoms with Crippen molar-refractivity contribution in [2.24, 2.45) is 11.8 Å². The van der Waals surface area contributed by atoms with Crippen molar-refractivity contribution in [1.29, 1.82) is 0 Å². The van der Waals surface area contributed by atoms with Crippen LogP contribution in [0.4, 0.5) is 0 Å². The number of carbonyl (C=O) groups is 1.